The molecule has 7 heteroatoms. The molecule has 0 spiro atoms. The fourth-order valence-electron chi connectivity index (χ4n) is 8.53. The van der Waals surface area contributed by atoms with Crippen molar-refractivity contribution in [2.75, 3.05) is 0 Å². The van der Waals surface area contributed by atoms with Gasteiger partial charge in [-0.25, -0.2) is 4.98 Å². The monoisotopic (exact) mass is 1060 g/mol. The van der Waals surface area contributed by atoms with E-state index < -0.39 is 29.9 Å². The molecule has 0 aliphatic carbocycles. The number of hydrogen-bond donors (Lipinski definition) is 0. The molecule has 10 rings (SSSR count). The molecule has 6 aromatic carbocycles. The van der Waals surface area contributed by atoms with Crippen LogP contribution >= 0.6 is 0 Å². The summed E-state index contributed by atoms with van der Waals surface area (Å²) in [5.74, 6) is 1.09. The minimum absolute atomic E-state index is 0. The summed E-state index contributed by atoms with van der Waals surface area (Å²) in [6.45, 7) is 18.8. The molecule has 0 unspecified atom stereocenters. The van der Waals surface area contributed by atoms with Crippen molar-refractivity contribution in [3.05, 3.63) is 193 Å². The summed E-state index contributed by atoms with van der Waals surface area (Å²) in [5.41, 5.74) is 8.12. The van der Waals surface area contributed by atoms with E-state index in [-0.39, 0.29) is 55.4 Å². The van der Waals surface area contributed by atoms with Crippen molar-refractivity contribution in [3.8, 4) is 51.1 Å². The largest absolute Gasteiger partial charge is 0.484 e. The summed E-state index contributed by atoms with van der Waals surface area (Å²) >= 11 is 0. The average molecular weight is 1060 g/mol. The second kappa shape index (κ2) is 17.6. The molecular weight excluding hydrogens is 1000 g/mol. The second-order valence-corrected chi connectivity index (χ2v) is 19.8. The van der Waals surface area contributed by atoms with Crippen molar-refractivity contribution >= 4 is 32.8 Å². The van der Waals surface area contributed by atoms with Gasteiger partial charge in [-0.1, -0.05) is 189 Å². The van der Waals surface area contributed by atoms with Crippen LogP contribution in [0.4, 0.5) is 0 Å². The fourth-order valence-corrected chi connectivity index (χ4v) is 8.53. The third-order valence-electron chi connectivity index (χ3n) is 11.7. The van der Waals surface area contributed by atoms with Crippen LogP contribution in [0.15, 0.2) is 158 Å². The Morgan fingerprint density at radius 1 is 0.657 bits per heavy atom. The fraction of sp³-hybridized carbons (Fsp3) is 0.217. The van der Waals surface area contributed by atoms with Gasteiger partial charge in [-0.3, -0.25) is 9.55 Å². The van der Waals surface area contributed by atoms with E-state index in [4.69, 9.17) is 16.6 Å². The van der Waals surface area contributed by atoms with Crippen molar-refractivity contribution in [1.82, 2.24) is 19.1 Å². The Bertz CT molecular complexity index is 3780. The number of para-hydroxylation sites is 4. The molecule has 0 saturated carbocycles. The number of rotatable bonds is 8. The van der Waals surface area contributed by atoms with Gasteiger partial charge < -0.3 is 13.9 Å². The van der Waals surface area contributed by atoms with Crippen LogP contribution in [0.1, 0.15) is 88.6 Å². The normalized spacial score (nSPS) is 13.9. The van der Waals surface area contributed by atoms with Crippen LogP contribution in [0.25, 0.3) is 72.3 Å². The topological polar surface area (TPSA) is 48.8 Å². The van der Waals surface area contributed by atoms with E-state index in [1.54, 1.807) is 24.5 Å². The van der Waals surface area contributed by atoms with E-state index in [2.05, 4.69) is 83.2 Å². The summed E-state index contributed by atoms with van der Waals surface area (Å²) < 4.78 is 74.6. The maximum absolute atomic E-state index is 9.19. The molecule has 0 fully saturated rings. The number of aromatic nitrogens is 5. The molecule has 0 aliphatic heterocycles. The number of benzene rings is 6. The number of fused-ring (bicyclic) bond motifs is 4. The zero-order valence-corrected chi connectivity index (χ0v) is 41.4. The van der Waals surface area contributed by atoms with Crippen molar-refractivity contribution in [2.24, 2.45) is 5.41 Å². The minimum atomic E-state index is -1.64. The zero-order valence-electron chi connectivity index (χ0n) is 46.1. The number of hydrogen-bond acceptors (Lipinski definition) is 3. The quantitative estimate of drug-likeness (QED) is 0.113. The van der Waals surface area contributed by atoms with Crippen molar-refractivity contribution in [2.45, 2.75) is 79.5 Å². The van der Waals surface area contributed by atoms with Gasteiger partial charge in [0.25, 0.3) is 6.33 Å². The molecule has 0 saturated heterocycles. The van der Waals surface area contributed by atoms with Crippen LogP contribution in [0, 0.1) is 23.9 Å². The molecule has 4 aromatic heterocycles. The van der Waals surface area contributed by atoms with Gasteiger partial charge in [0.05, 0.1) is 23.6 Å². The van der Waals surface area contributed by atoms with E-state index in [0.717, 1.165) is 49.6 Å². The molecule has 0 amide bonds. The first-order valence-corrected chi connectivity index (χ1v) is 22.2. The van der Waals surface area contributed by atoms with E-state index in [1.165, 1.54) is 0 Å². The zero-order chi connectivity index (χ0) is 52.1. The molecule has 0 aliphatic rings. The Morgan fingerprint density at radius 2 is 1.33 bits per heavy atom. The first kappa shape index (κ1) is 37.5. The SMILES string of the molecule is [2H]c1c([2H])c([2H])c(-c2cccc(-c3cc(C(C)(C)C)cc(C(C)(C)C)c3)c2-[n+]2[c-]n(-c3[c-]c(Oc4[c-]c5c(cc4)c4ccccc4n5-c4cc(C([2H])([2H])C(C)(C)C)ccn4)ncc3)c3ccccc32)c([2H])c1[2H].[Pt]. The van der Waals surface area contributed by atoms with E-state index in [1.807, 2.05) is 119 Å². The molecule has 0 N–H and O–H groups in total. The number of nitrogens with zero attached hydrogens (tertiary/aromatic N) is 5. The molecule has 0 atom stereocenters. The molecule has 0 radical (unpaired) electrons. The van der Waals surface area contributed by atoms with Crippen LogP contribution in [-0.4, -0.2) is 19.1 Å². The molecule has 6 nitrogen and oxygen atoms in total. The van der Waals surface area contributed by atoms with E-state index in [9.17, 15) is 2.74 Å². The molecule has 338 valence electrons. The Kier molecular flexibility index (Phi) is 9.81. The van der Waals surface area contributed by atoms with Gasteiger partial charge in [0.2, 0.25) is 0 Å². The Morgan fingerprint density at radius 3 is 2.04 bits per heavy atom. The van der Waals surface area contributed by atoms with Crippen LogP contribution in [0.5, 0.6) is 11.6 Å². The number of pyridine rings is 2. The van der Waals surface area contributed by atoms with Crippen molar-refractivity contribution < 1.29 is 40.0 Å². The van der Waals surface area contributed by atoms with Gasteiger partial charge in [-0.2, -0.15) is 18.2 Å². The first-order chi connectivity index (χ1) is 34.4. The standard InChI is InChI=1S/C60H55N5O.Pt/c1-58(2,3)38-40-28-30-61-55(32-40)65-51-23-14-13-20-49(51)50-27-26-46(37-54(50)65)66-56-36-45(29-31-62-56)63-39-64(53-25-16-15-24-52(53)63)57-47(41-18-11-10-12-19-41)21-17-22-48(57)42-33-43(59(4,5)6)35-44(34-42)60(7,8)9;/h10-35H,38H2,1-9H3;/q-2;/i10D,11D,12D,18D,19D,38D2;. The number of ether oxygens (including phenoxy) is 1. The molecule has 4 heterocycles. The predicted molar refractivity (Wildman–Crippen MR) is 269 cm³/mol. The third-order valence-corrected chi connectivity index (χ3v) is 11.7. The molecule has 67 heavy (non-hydrogen) atoms. The summed E-state index contributed by atoms with van der Waals surface area (Å²) in [5, 5.41) is 1.90. The van der Waals surface area contributed by atoms with Gasteiger partial charge in [-0.05, 0) is 85.1 Å². The summed E-state index contributed by atoms with van der Waals surface area (Å²) in [7, 11) is 0. The van der Waals surface area contributed by atoms with Crippen LogP contribution in [0.2, 0.25) is 0 Å². The van der Waals surface area contributed by atoms with Crippen LogP contribution in [-0.2, 0) is 38.3 Å². The predicted octanol–water partition coefficient (Wildman–Crippen LogP) is 14.5. The summed E-state index contributed by atoms with van der Waals surface area (Å²) in [6, 6.07) is 42.3. The maximum atomic E-state index is 9.19. The average Bonchev–Trinajstić information content (AvgIpc) is 3.90. The molecule has 0 bridgehead atoms. The van der Waals surface area contributed by atoms with Gasteiger partial charge in [0.1, 0.15) is 11.7 Å². The van der Waals surface area contributed by atoms with E-state index in [0.29, 0.717) is 39.6 Å². The maximum Gasteiger partial charge on any atom is 0.267 e. The third kappa shape index (κ3) is 9.00. The van der Waals surface area contributed by atoms with Gasteiger partial charge in [0, 0.05) is 41.3 Å². The van der Waals surface area contributed by atoms with Crippen LogP contribution < -0.4 is 9.30 Å². The van der Waals surface area contributed by atoms with Crippen molar-refractivity contribution in [3.63, 3.8) is 0 Å². The first-order valence-electron chi connectivity index (χ1n) is 25.7. The molecular formula is C60H55N5OPt-2. The Balaban J connectivity index is 0.00000672. The van der Waals surface area contributed by atoms with E-state index >= 15 is 0 Å². The van der Waals surface area contributed by atoms with Crippen LogP contribution in [0.3, 0.4) is 0 Å². The summed E-state index contributed by atoms with van der Waals surface area (Å²) in [4.78, 5) is 9.33. The Labute approximate surface area is 419 Å². The summed E-state index contributed by atoms with van der Waals surface area (Å²) in [6.07, 6.45) is 5.26. The van der Waals surface area contributed by atoms with Gasteiger partial charge >= 0.3 is 0 Å². The smallest absolute Gasteiger partial charge is 0.267 e. The molecule has 10 aromatic rings. The second-order valence-electron chi connectivity index (χ2n) is 19.8. The van der Waals surface area contributed by atoms with Gasteiger partial charge in [0.15, 0.2) is 0 Å². The van der Waals surface area contributed by atoms with Crippen molar-refractivity contribution in [1.29, 1.82) is 0 Å². The minimum Gasteiger partial charge on any atom is -0.484 e. The Hall–Kier alpha value is -6.62. The van der Waals surface area contributed by atoms with Gasteiger partial charge in [-0.15, -0.1) is 17.5 Å². The number of imidazole rings is 1.